The highest BCUT2D eigenvalue weighted by Gasteiger charge is 2.05. The summed E-state index contributed by atoms with van der Waals surface area (Å²) in [6, 6.07) is 16.8. The zero-order valence-corrected chi connectivity index (χ0v) is 16.4. The Morgan fingerprint density at radius 2 is 1.59 bits per heavy atom. The Morgan fingerprint density at radius 3 is 2.34 bits per heavy atom. The Kier molecular flexibility index (Phi) is 5.70. The van der Waals surface area contributed by atoms with E-state index < -0.39 is 0 Å². The van der Waals surface area contributed by atoms with Crippen LogP contribution in [0.1, 0.15) is 17.0 Å². The molecule has 2 aromatic carbocycles. The van der Waals surface area contributed by atoms with Crippen LogP contribution in [0.25, 0.3) is 10.9 Å². The van der Waals surface area contributed by atoms with E-state index in [9.17, 15) is 4.39 Å². The van der Waals surface area contributed by atoms with Gasteiger partial charge in [0.15, 0.2) is 0 Å². The van der Waals surface area contributed by atoms with Crippen molar-refractivity contribution in [2.75, 3.05) is 23.7 Å². The molecule has 0 atom stereocenters. The Morgan fingerprint density at radius 1 is 0.897 bits per heavy atom. The molecule has 2 heterocycles. The van der Waals surface area contributed by atoms with Crippen LogP contribution in [0.4, 0.5) is 16.0 Å². The lowest BCUT2D eigenvalue weighted by Crippen LogP contribution is -2.11. The predicted molar refractivity (Wildman–Crippen MR) is 116 cm³/mol. The summed E-state index contributed by atoms with van der Waals surface area (Å²) in [5.74, 6) is 2.10. The van der Waals surface area contributed by atoms with Gasteiger partial charge in [-0.05, 0) is 49.1 Å². The van der Waals surface area contributed by atoms with Gasteiger partial charge in [-0.25, -0.2) is 14.4 Å². The number of hydrogen-bond acceptors (Lipinski definition) is 4. The maximum absolute atomic E-state index is 13.0. The first-order valence-corrected chi connectivity index (χ1v) is 9.80. The quantitative estimate of drug-likeness (QED) is 0.408. The zero-order chi connectivity index (χ0) is 20.1. The first-order valence-electron chi connectivity index (χ1n) is 9.80. The first kappa shape index (κ1) is 18.9. The maximum Gasteiger partial charge on any atom is 0.131 e. The molecule has 29 heavy (non-hydrogen) atoms. The van der Waals surface area contributed by atoms with Gasteiger partial charge in [-0.15, -0.1) is 0 Å². The number of H-pyrrole nitrogens is 1. The molecule has 4 rings (SSSR count). The number of aromatic amines is 1. The van der Waals surface area contributed by atoms with Crippen LogP contribution < -0.4 is 10.6 Å². The number of para-hydroxylation sites is 1. The fourth-order valence-electron chi connectivity index (χ4n) is 3.40. The summed E-state index contributed by atoms with van der Waals surface area (Å²) in [7, 11) is 0. The molecular weight excluding hydrogens is 365 g/mol. The lowest BCUT2D eigenvalue weighted by atomic mass is 10.1. The molecule has 148 valence electrons. The second-order valence-electron chi connectivity index (χ2n) is 7.03. The monoisotopic (exact) mass is 389 g/mol. The normalized spacial score (nSPS) is 11.0. The molecule has 0 radical (unpaired) electrons. The third-order valence-electron chi connectivity index (χ3n) is 4.85. The lowest BCUT2D eigenvalue weighted by Gasteiger charge is -2.10. The van der Waals surface area contributed by atoms with Crippen molar-refractivity contribution >= 4 is 22.5 Å². The third kappa shape index (κ3) is 4.90. The average molecular weight is 389 g/mol. The molecular formula is C23H24FN5. The third-order valence-corrected chi connectivity index (χ3v) is 4.85. The molecule has 3 N–H and O–H groups in total. The van der Waals surface area contributed by atoms with Crippen molar-refractivity contribution in [3.63, 3.8) is 0 Å². The number of benzene rings is 2. The largest absolute Gasteiger partial charge is 0.370 e. The smallest absolute Gasteiger partial charge is 0.131 e. The highest BCUT2D eigenvalue weighted by atomic mass is 19.1. The van der Waals surface area contributed by atoms with Crippen LogP contribution in [-0.4, -0.2) is 28.0 Å². The Hall–Kier alpha value is -3.41. The second-order valence-corrected chi connectivity index (χ2v) is 7.03. The zero-order valence-electron chi connectivity index (χ0n) is 16.4. The minimum absolute atomic E-state index is 0.212. The molecule has 0 bridgehead atoms. The Labute approximate surface area is 169 Å². The second kappa shape index (κ2) is 8.73. The molecule has 0 aliphatic carbocycles. The number of nitrogens with zero attached hydrogens (tertiary/aromatic N) is 2. The van der Waals surface area contributed by atoms with Crippen LogP contribution in [0.15, 0.2) is 60.8 Å². The minimum Gasteiger partial charge on any atom is -0.370 e. The molecule has 0 saturated heterocycles. The van der Waals surface area contributed by atoms with Gasteiger partial charge >= 0.3 is 0 Å². The molecule has 4 aromatic rings. The van der Waals surface area contributed by atoms with Crippen molar-refractivity contribution in [2.45, 2.75) is 19.8 Å². The van der Waals surface area contributed by atoms with Crippen molar-refractivity contribution < 1.29 is 4.39 Å². The number of halogens is 1. The van der Waals surface area contributed by atoms with E-state index in [-0.39, 0.29) is 5.82 Å². The first-order chi connectivity index (χ1) is 14.2. The molecule has 0 unspecified atom stereocenters. The van der Waals surface area contributed by atoms with Gasteiger partial charge in [0.05, 0.1) is 0 Å². The molecule has 0 amide bonds. The number of aromatic nitrogens is 3. The van der Waals surface area contributed by atoms with Crippen LogP contribution in [0.2, 0.25) is 0 Å². The van der Waals surface area contributed by atoms with Crippen LogP contribution in [0, 0.1) is 12.7 Å². The van der Waals surface area contributed by atoms with E-state index in [1.807, 2.05) is 19.1 Å². The number of anilines is 2. The van der Waals surface area contributed by atoms with Gasteiger partial charge in [-0.3, -0.25) is 0 Å². The summed E-state index contributed by atoms with van der Waals surface area (Å²) >= 11 is 0. The van der Waals surface area contributed by atoms with E-state index in [0.717, 1.165) is 48.6 Å². The standard InChI is InChI=1S/C23H24FN5/c1-16-28-22(25-12-10-17-6-8-19(24)9-7-17)14-23(29-16)26-13-11-18-15-27-21-5-3-2-4-20(18)21/h2-9,14-15,27H,10-13H2,1H3,(H2,25,26,28,29). The highest BCUT2D eigenvalue weighted by molar-refractivity contribution is 5.83. The fraction of sp³-hybridized carbons (Fsp3) is 0.217. The maximum atomic E-state index is 13.0. The van der Waals surface area contributed by atoms with Crippen LogP contribution in [0.3, 0.4) is 0 Å². The summed E-state index contributed by atoms with van der Waals surface area (Å²) in [6.07, 6.45) is 3.77. The molecule has 2 aromatic heterocycles. The van der Waals surface area contributed by atoms with Gasteiger partial charge in [0, 0.05) is 36.3 Å². The minimum atomic E-state index is -0.212. The predicted octanol–water partition coefficient (Wildman–Crippen LogP) is 4.71. The summed E-state index contributed by atoms with van der Waals surface area (Å²) in [6.45, 7) is 3.39. The summed E-state index contributed by atoms with van der Waals surface area (Å²) in [4.78, 5) is 12.2. The van der Waals surface area contributed by atoms with Crippen LogP contribution >= 0.6 is 0 Å². The van der Waals surface area contributed by atoms with Crippen molar-refractivity contribution in [1.82, 2.24) is 15.0 Å². The topological polar surface area (TPSA) is 65.6 Å². The highest BCUT2D eigenvalue weighted by Crippen LogP contribution is 2.18. The van der Waals surface area contributed by atoms with Gasteiger partial charge in [-0.1, -0.05) is 30.3 Å². The molecule has 0 spiro atoms. The molecule has 0 aliphatic rings. The summed E-state index contributed by atoms with van der Waals surface area (Å²) in [5.41, 5.74) is 3.53. The fourth-order valence-corrected chi connectivity index (χ4v) is 3.40. The molecule has 6 heteroatoms. The van der Waals surface area contributed by atoms with Gasteiger partial charge in [-0.2, -0.15) is 0 Å². The van der Waals surface area contributed by atoms with E-state index in [1.54, 1.807) is 12.1 Å². The van der Waals surface area contributed by atoms with E-state index in [0.29, 0.717) is 5.82 Å². The number of nitrogens with one attached hydrogen (secondary N) is 3. The Balaban J connectivity index is 1.32. The van der Waals surface area contributed by atoms with Gasteiger partial charge in [0.1, 0.15) is 23.3 Å². The van der Waals surface area contributed by atoms with Crippen LogP contribution in [-0.2, 0) is 12.8 Å². The lowest BCUT2D eigenvalue weighted by molar-refractivity contribution is 0.627. The average Bonchev–Trinajstić information content (AvgIpc) is 3.12. The van der Waals surface area contributed by atoms with E-state index in [2.05, 4.69) is 50.0 Å². The van der Waals surface area contributed by atoms with Crippen molar-refractivity contribution in [1.29, 1.82) is 0 Å². The summed E-state index contributed by atoms with van der Waals surface area (Å²) in [5, 5.41) is 7.98. The van der Waals surface area contributed by atoms with Gasteiger partial charge in [0.25, 0.3) is 0 Å². The van der Waals surface area contributed by atoms with E-state index >= 15 is 0 Å². The van der Waals surface area contributed by atoms with Gasteiger partial charge < -0.3 is 15.6 Å². The number of hydrogen-bond donors (Lipinski definition) is 3. The number of rotatable bonds is 8. The number of aryl methyl sites for hydroxylation is 1. The molecule has 5 nitrogen and oxygen atoms in total. The van der Waals surface area contributed by atoms with Crippen molar-refractivity contribution in [3.8, 4) is 0 Å². The number of fused-ring (bicyclic) bond motifs is 1. The molecule has 0 saturated carbocycles. The van der Waals surface area contributed by atoms with E-state index in [4.69, 9.17) is 0 Å². The van der Waals surface area contributed by atoms with Crippen molar-refractivity contribution in [3.05, 3.63) is 83.6 Å². The Bertz CT molecular complexity index is 1090. The van der Waals surface area contributed by atoms with E-state index in [1.165, 1.54) is 23.1 Å². The SMILES string of the molecule is Cc1nc(NCCc2ccc(F)cc2)cc(NCCc2c[nH]c3ccccc23)n1. The molecule has 0 fully saturated rings. The van der Waals surface area contributed by atoms with Crippen LogP contribution in [0.5, 0.6) is 0 Å². The van der Waals surface area contributed by atoms with Crippen molar-refractivity contribution in [2.24, 2.45) is 0 Å². The summed E-state index contributed by atoms with van der Waals surface area (Å²) < 4.78 is 13.0. The van der Waals surface area contributed by atoms with Gasteiger partial charge in [0.2, 0.25) is 0 Å². The molecule has 0 aliphatic heterocycles.